The molecule has 24 heavy (non-hydrogen) atoms. The molecular formula is C18H17Cl2NO3. The number of halogens is 2. The summed E-state index contributed by atoms with van der Waals surface area (Å²) in [6, 6.07) is 11.8. The molecule has 1 fully saturated rings. The number of hydrogen-bond acceptors (Lipinski definition) is 3. The maximum atomic E-state index is 12.5. The molecule has 126 valence electrons. The van der Waals surface area contributed by atoms with Crippen LogP contribution in [0.15, 0.2) is 42.5 Å². The molecule has 0 aliphatic carbocycles. The van der Waals surface area contributed by atoms with Gasteiger partial charge in [0.2, 0.25) is 0 Å². The molecule has 1 N–H and O–H groups in total. The summed E-state index contributed by atoms with van der Waals surface area (Å²) < 4.78 is 5.92. The number of nitrogens with zero attached hydrogens (tertiary/aromatic N) is 1. The smallest absolute Gasteiger partial charge is 0.257 e. The van der Waals surface area contributed by atoms with Crippen LogP contribution in [-0.2, 0) is 0 Å². The highest BCUT2D eigenvalue weighted by molar-refractivity contribution is 6.31. The third kappa shape index (κ3) is 3.94. The predicted molar refractivity (Wildman–Crippen MR) is 94.1 cm³/mol. The molecule has 1 aliphatic rings. The average molecular weight is 366 g/mol. The summed E-state index contributed by atoms with van der Waals surface area (Å²) in [6.07, 6.45) is 1.54. The van der Waals surface area contributed by atoms with Gasteiger partial charge in [0.1, 0.15) is 17.6 Å². The minimum Gasteiger partial charge on any atom is -0.507 e. The van der Waals surface area contributed by atoms with Crippen LogP contribution in [0.1, 0.15) is 23.2 Å². The number of aromatic hydroxyl groups is 1. The third-order valence-corrected chi connectivity index (χ3v) is 4.52. The second kappa shape index (κ2) is 7.32. The number of piperidine rings is 1. The van der Waals surface area contributed by atoms with Gasteiger partial charge in [-0.05, 0) is 42.5 Å². The molecule has 2 aromatic rings. The van der Waals surface area contributed by atoms with Crippen molar-refractivity contribution >= 4 is 29.1 Å². The summed E-state index contributed by atoms with van der Waals surface area (Å²) in [6.45, 7) is 1.16. The van der Waals surface area contributed by atoms with E-state index in [1.807, 2.05) is 12.1 Å². The van der Waals surface area contributed by atoms with E-state index in [-0.39, 0.29) is 23.3 Å². The molecule has 1 aliphatic heterocycles. The first-order chi connectivity index (χ1) is 11.5. The van der Waals surface area contributed by atoms with Gasteiger partial charge in [-0.25, -0.2) is 0 Å². The van der Waals surface area contributed by atoms with Crippen LogP contribution in [-0.4, -0.2) is 35.1 Å². The minimum absolute atomic E-state index is 0.0639. The topological polar surface area (TPSA) is 49.8 Å². The number of carbonyl (C=O) groups excluding carboxylic acids is 1. The van der Waals surface area contributed by atoms with Crippen LogP contribution >= 0.6 is 23.2 Å². The van der Waals surface area contributed by atoms with Crippen molar-refractivity contribution in [2.45, 2.75) is 18.9 Å². The van der Waals surface area contributed by atoms with Crippen LogP contribution in [0.4, 0.5) is 0 Å². The Hall–Kier alpha value is -1.91. The summed E-state index contributed by atoms with van der Waals surface area (Å²) in [5.74, 6) is 0.501. The van der Waals surface area contributed by atoms with E-state index in [1.54, 1.807) is 29.2 Å². The highest BCUT2D eigenvalue weighted by Gasteiger charge is 2.26. The third-order valence-electron chi connectivity index (χ3n) is 4.04. The predicted octanol–water partition coefficient (Wildman–Crippen LogP) is 4.38. The van der Waals surface area contributed by atoms with Crippen LogP contribution in [0.5, 0.6) is 11.5 Å². The van der Waals surface area contributed by atoms with Gasteiger partial charge in [0.25, 0.3) is 5.91 Å². The fraction of sp³-hybridized carbons (Fsp3) is 0.278. The number of rotatable bonds is 3. The monoisotopic (exact) mass is 365 g/mol. The van der Waals surface area contributed by atoms with Crippen LogP contribution in [0, 0.1) is 0 Å². The maximum absolute atomic E-state index is 12.5. The molecule has 0 unspecified atom stereocenters. The lowest BCUT2D eigenvalue weighted by molar-refractivity contribution is 0.0593. The van der Waals surface area contributed by atoms with E-state index in [4.69, 9.17) is 27.9 Å². The lowest BCUT2D eigenvalue weighted by atomic mass is 10.1. The van der Waals surface area contributed by atoms with Gasteiger partial charge in [0.05, 0.1) is 5.56 Å². The number of hydrogen-bond donors (Lipinski definition) is 1. The first kappa shape index (κ1) is 16.9. The number of ether oxygens (including phenoxy) is 1. The Morgan fingerprint density at radius 1 is 1.04 bits per heavy atom. The molecule has 0 atom stereocenters. The van der Waals surface area contributed by atoms with Crippen LogP contribution in [0.2, 0.25) is 10.0 Å². The standard InChI is InChI=1S/C18H17Cl2NO3/c19-12-1-4-14(5-2-12)24-15-7-9-21(10-8-15)18(23)16-6-3-13(20)11-17(16)22/h1-6,11,15,22H,7-10H2. The van der Waals surface area contributed by atoms with Crippen molar-refractivity contribution in [3.8, 4) is 11.5 Å². The molecule has 1 amide bonds. The first-order valence-electron chi connectivity index (χ1n) is 7.73. The van der Waals surface area contributed by atoms with Crippen molar-refractivity contribution in [2.75, 3.05) is 13.1 Å². The summed E-state index contributed by atoms with van der Waals surface area (Å²) in [5.41, 5.74) is 0.275. The Kier molecular flexibility index (Phi) is 5.17. The molecule has 2 aromatic carbocycles. The molecule has 3 rings (SSSR count). The quantitative estimate of drug-likeness (QED) is 0.877. The van der Waals surface area contributed by atoms with Gasteiger partial charge in [-0.1, -0.05) is 23.2 Å². The largest absolute Gasteiger partial charge is 0.507 e. The van der Waals surface area contributed by atoms with Gasteiger partial charge >= 0.3 is 0 Å². The van der Waals surface area contributed by atoms with Gasteiger partial charge in [-0.2, -0.15) is 0 Å². The Morgan fingerprint density at radius 2 is 1.67 bits per heavy atom. The lowest BCUT2D eigenvalue weighted by Gasteiger charge is -2.32. The van der Waals surface area contributed by atoms with Crippen LogP contribution in [0.3, 0.4) is 0 Å². The zero-order valence-corrected chi connectivity index (χ0v) is 14.4. The molecule has 0 radical (unpaired) electrons. The Morgan fingerprint density at radius 3 is 2.29 bits per heavy atom. The van der Waals surface area contributed by atoms with Gasteiger partial charge in [0, 0.05) is 36.0 Å². The van der Waals surface area contributed by atoms with E-state index in [0.717, 1.165) is 18.6 Å². The fourth-order valence-corrected chi connectivity index (χ4v) is 3.03. The Bertz CT molecular complexity index is 726. The van der Waals surface area contributed by atoms with Crippen LogP contribution in [0.25, 0.3) is 0 Å². The maximum Gasteiger partial charge on any atom is 0.257 e. The highest BCUT2D eigenvalue weighted by Crippen LogP contribution is 2.26. The molecule has 0 saturated carbocycles. The molecule has 0 aromatic heterocycles. The first-order valence-corrected chi connectivity index (χ1v) is 8.48. The number of phenolic OH excluding ortho intramolecular Hbond substituents is 1. The van der Waals surface area contributed by atoms with Gasteiger partial charge in [-0.15, -0.1) is 0 Å². The summed E-state index contributed by atoms with van der Waals surface area (Å²) in [4.78, 5) is 14.2. The van der Waals surface area contributed by atoms with E-state index in [9.17, 15) is 9.90 Å². The number of phenols is 1. The van der Waals surface area contributed by atoms with E-state index in [0.29, 0.717) is 23.1 Å². The molecule has 0 spiro atoms. The molecule has 6 heteroatoms. The van der Waals surface area contributed by atoms with Gasteiger partial charge in [0.15, 0.2) is 0 Å². The zero-order valence-electron chi connectivity index (χ0n) is 12.9. The molecule has 4 nitrogen and oxygen atoms in total. The van der Waals surface area contributed by atoms with Crippen molar-refractivity contribution in [1.82, 2.24) is 4.90 Å². The van der Waals surface area contributed by atoms with Crippen molar-refractivity contribution in [2.24, 2.45) is 0 Å². The van der Waals surface area contributed by atoms with Crippen molar-refractivity contribution in [1.29, 1.82) is 0 Å². The average Bonchev–Trinajstić information content (AvgIpc) is 2.57. The minimum atomic E-state index is -0.186. The Balaban J connectivity index is 1.58. The molecular weight excluding hydrogens is 349 g/mol. The molecule has 1 saturated heterocycles. The zero-order chi connectivity index (χ0) is 17.1. The number of benzene rings is 2. The highest BCUT2D eigenvalue weighted by atomic mass is 35.5. The van der Waals surface area contributed by atoms with Crippen molar-refractivity contribution < 1.29 is 14.6 Å². The molecule has 1 heterocycles. The second-order valence-corrected chi connectivity index (χ2v) is 6.60. The van der Waals surface area contributed by atoms with Crippen LogP contribution < -0.4 is 4.74 Å². The lowest BCUT2D eigenvalue weighted by Crippen LogP contribution is -2.41. The van der Waals surface area contributed by atoms with E-state index in [1.165, 1.54) is 6.07 Å². The summed E-state index contributed by atoms with van der Waals surface area (Å²) >= 11 is 11.7. The van der Waals surface area contributed by atoms with E-state index < -0.39 is 0 Å². The van der Waals surface area contributed by atoms with Crippen molar-refractivity contribution in [3.63, 3.8) is 0 Å². The number of amides is 1. The van der Waals surface area contributed by atoms with Gasteiger partial charge < -0.3 is 14.7 Å². The normalized spacial score (nSPS) is 15.3. The fourth-order valence-electron chi connectivity index (χ4n) is 2.74. The van der Waals surface area contributed by atoms with Crippen molar-refractivity contribution in [3.05, 3.63) is 58.1 Å². The summed E-state index contributed by atoms with van der Waals surface area (Å²) in [5, 5.41) is 11.0. The Labute approximate surface area is 150 Å². The molecule has 0 bridgehead atoms. The second-order valence-electron chi connectivity index (χ2n) is 5.72. The SMILES string of the molecule is O=C(c1ccc(Cl)cc1O)N1CCC(Oc2ccc(Cl)cc2)CC1. The van der Waals surface area contributed by atoms with E-state index >= 15 is 0 Å². The number of carbonyl (C=O) groups is 1. The van der Waals surface area contributed by atoms with Gasteiger partial charge in [-0.3, -0.25) is 4.79 Å². The summed E-state index contributed by atoms with van der Waals surface area (Å²) in [7, 11) is 0. The number of likely N-dealkylation sites (tertiary alicyclic amines) is 1. The van der Waals surface area contributed by atoms with E-state index in [2.05, 4.69) is 0 Å².